The maximum atomic E-state index is 11.7. The molecule has 0 saturated carbocycles. The van der Waals surface area contributed by atoms with E-state index >= 15 is 0 Å². The van der Waals surface area contributed by atoms with Crippen LogP contribution < -0.4 is 5.73 Å². The maximum Gasteiger partial charge on any atom is 0.339 e. The van der Waals surface area contributed by atoms with Crippen molar-refractivity contribution in [3.63, 3.8) is 0 Å². The second-order valence-electron chi connectivity index (χ2n) is 4.24. The van der Waals surface area contributed by atoms with Gasteiger partial charge < -0.3 is 15.2 Å². The van der Waals surface area contributed by atoms with Crippen molar-refractivity contribution < 1.29 is 14.3 Å². The van der Waals surface area contributed by atoms with E-state index in [2.05, 4.69) is 0 Å². The second-order valence-corrected chi connectivity index (χ2v) is 5.49. The van der Waals surface area contributed by atoms with Gasteiger partial charge in [0, 0.05) is 22.4 Å². The van der Waals surface area contributed by atoms with Crippen molar-refractivity contribution in [2.45, 2.75) is 29.6 Å². The molecule has 1 aliphatic heterocycles. The largest absolute Gasteiger partial charge is 0.465 e. The van der Waals surface area contributed by atoms with E-state index in [4.69, 9.17) is 15.2 Å². The minimum Gasteiger partial charge on any atom is -0.465 e. The molecule has 2 rings (SSSR count). The Labute approximate surface area is 111 Å². The van der Waals surface area contributed by atoms with Crippen molar-refractivity contribution in [1.29, 1.82) is 0 Å². The molecule has 5 heteroatoms. The third-order valence-electron chi connectivity index (χ3n) is 3.03. The Hall–Kier alpha value is -1.20. The zero-order chi connectivity index (χ0) is 13.1. The van der Waals surface area contributed by atoms with Crippen molar-refractivity contribution in [3.05, 3.63) is 23.8 Å². The average molecular weight is 267 g/mol. The van der Waals surface area contributed by atoms with Crippen LogP contribution in [0.5, 0.6) is 0 Å². The van der Waals surface area contributed by atoms with Crippen LogP contribution in [0.1, 0.15) is 23.7 Å². The standard InChI is InChI=1S/C13H17NO3S/c1-8-11(6-7-17-8)18-12-9(13(15)16-2)4-3-5-10(12)14/h3-5,8,11H,6-7,14H2,1-2H3. The summed E-state index contributed by atoms with van der Waals surface area (Å²) in [6, 6.07) is 5.31. The zero-order valence-corrected chi connectivity index (χ0v) is 11.3. The highest BCUT2D eigenvalue weighted by Crippen LogP contribution is 2.37. The highest BCUT2D eigenvalue weighted by atomic mass is 32.2. The minimum atomic E-state index is -0.351. The lowest BCUT2D eigenvalue weighted by atomic mass is 10.2. The number of benzene rings is 1. The minimum absolute atomic E-state index is 0.181. The number of nitrogen functional groups attached to an aromatic ring is 1. The van der Waals surface area contributed by atoms with Crippen molar-refractivity contribution in [2.75, 3.05) is 19.5 Å². The van der Waals surface area contributed by atoms with E-state index in [-0.39, 0.29) is 12.1 Å². The number of thioether (sulfide) groups is 1. The van der Waals surface area contributed by atoms with E-state index in [0.717, 1.165) is 17.9 Å². The predicted octanol–water partition coefficient (Wildman–Crippen LogP) is 2.32. The van der Waals surface area contributed by atoms with Crippen LogP contribution in [-0.2, 0) is 9.47 Å². The molecule has 0 radical (unpaired) electrons. The van der Waals surface area contributed by atoms with Gasteiger partial charge in [0.2, 0.25) is 0 Å². The summed E-state index contributed by atoms with van der Waals surface area (Å²) in [6.45, 7) is 2.81. The molecule has 2 atom stereocenters. The highest BCUT2D eigenvalue weighted by Gasteiger charge is 2.27. The Morgan fingerprint density at radius 2 is 2.33 bits per heavy atom. The number of rotatable bonds is 3. The Morgan fingerprint density at radius 3 is 2.94 bits per heavy atom. The van der Waals surface area contributed by atoms with E-state index in [1.165, 1.54) is 7.11 Å². The van der Waals surface area contributed by atoms with Crippen LogP contribution in [0.2, 0.25) is 0 Å². The number of anilines is 1. The zero-order valence-electron chi connectivity index (χ0n) is 10.5. The smallest absolute Gasteiger partial charge is 0.339 e. The summed E-state index contributed by atoms with van der Waals surface area (Å²) in [6.07, 6.45) is 1.15. The van der Waals surface area contributed by atoms with E-state index in [1.54, 1.807) is 30.0 Å². The molecular weight excluding hydrogens is 250 g/mol. The van der Waals surface area contributed by atoms with Gasteiger partial charge in [-0.2, -0.15) is 0 Å². The fourth-order valence-corrected chi connectivity index (χ4v) is 3.24. The molecule has 2 unspecified atom stereocenters. The third kappa shape index (κ3) is 2.62. The SMILES string of the molecule is COC(=O)c1cccc(N)c1SC1CCOC1C. The lowest BCUT2D eigenvalue weighted by Crippen LogP contribution is -2.15. The van der Waals surface area contributed by atoms with Gasteiger partial charge in [0.05, 0.1) is 18.8 Å². The number of ether oxygens (including phenoxy) is 2. The van der Waals surface area contributed by atoms with Gasteiger partial charge in [0.25, 0.3) is 0 Å². The van der Waals surface area contributed by atoms with Crippen LogP contribution in [0.3, 0.4) is 0 Å². The van der Waals surface area contributed by atoms with Crippen LogP contribution in [0.25, 0.3) is 0 Å². The van der Waals surface area contributed by atoms with Crippen LogP contribution in [0.4, 0.5) is 5.69 Å². The molecule has 0 amide bonds. The van der Waals surface area contributed by atoms with Gasteiger partial charge in [-0.25, -0.2) is 4.79 Å². The van der Waals surface area contributed by atoms with Gasteiger partial charge in [0.15, 0.2) is 0 Å². The van der Waals surface area contributed by atoms with Crippen LogP contribution in [-0.4, -0.2) is 31.0 Å². The Bertz CT molecular complexity index is 450. The van der Waals surface area contributed by atoms with Gasteiger partial charge >= 0.3 is 5.97 Å². The van der Waals surface area contributed by atoms with Crippen LogP contribution in [0.15, 0.2) is 23.1 Å². The molecular formula is C13H17NO3S. The summed E-state index contributed by atoms with van der Waals surface area (Å²) in [4.78, 5) is 12.5. The molecule has 1 heterocycles. The van der Waals surface area contributed by atoms with Crippen LogP contribution >= 0.6 is 11.8 Å². The summed E-state index contributed by atoms with van der Waals surface area (Å²) in [5.41, 5.74) is 7.11. The molecule has 1 aromatic carbocycles. The fraction of sp³-hybridized carbons (Fsp3) is 0.462. The first kappa shape index (κ1) is 13.2. The van der Waals surface area contributed by atoms with Gasteiger partial charge in [-0.3, -0.25) is 0 Å². The van der Waals surface area contributed by atoms with Gasteiger partial charge in [-0.15, -0.1) is 11.8 Å². The Balaban J connectivity index is 2.28. The summed E-state index contributed by atoms with van der Waals surface area (Å²) in [7, 11) is 1.38. The second kappa shape index (κ2) is 5.63. The third-order valence-corrected chi connectivity index (χ3v) is 4.64. The molecule has 1 saturated heterocycles. The molecule has 1 aliphatic rings. The van der Waals surface area contributed by atoms with Gasteiger partial charge in [-0.05, 0) is 25.5 Å². The molecule has 0 aliphatic carbocycles. The van der Waals surface area contributed by atoms with Crippen LogP contribution in [0, 0.1) is 0 Å². The Morgan fingerprint density at radius 1 is 1.56 bits per heavy atom. The first-order valence-corrected chi connectivity index (χ1v) is 6.76. The van der Waals surface area contributed by atoms with Crippen molar-refractivity contribution in [2.24, 2.45) is 0 Å². The van der Waals surface area contributed by atoms with Crippen molar-refractivity contribution >= 4 is 23.4 Å². The predicted molar refractivity (Wildman–Crippen MR) is 71.9 cm³/mol. The van der Waals surface area contributed by atoms with E-state index < -0.39 is 0 Å². The van der Waals surface area contributed by atoms with E-state index in [1.807, 2.05) is 6.92 Å². The highest BCUT2D eigenvalue weighted by molar-refractivity contribution is 8.00. The monoisotopic (exact) mass is 267 g/mol. The molecule has 18 heavy (non-hydrogen) atoms. The molecule has 0 spiro atoms. The lowest BCUT2D eigenvalue weighted by molar-refractivity contribution is 0.0597. The number of carbonyl (C=O) groups excluding carboxylic acids is 1. The molecule has 1 fully saturated rings. The topological polar surface area (TPSA) is 61.5 Å². The summed E-state index contributed by atoms with van der Waals surface area (Å²) >= 11 is 1.61. The average Bonchev–Trinajstić information content (AvgIpc) is 2.76. The van der Waals surface area contributed by atoms with Crippen molar-refractivity contribution in [3.8, 4) is 0 Å². The maximum absolute atomic E-state index is 11.7. The number of carbonyl (C=O) groups is 1. The Kier molecular flexibility index (Phi) is 4.14. The molecule has 0 bridgehead atoms. The molecule has 4 nitrogen and oxygen atoms in total. The van der Waals surface area contributed by atoms with Gasteiger partial charge in [0.1, 0.15) is 0 Å². The number of methoxy groups -OCH3 is 1. The van der Waals surface area contributed by atoms with Crippen molar-refractivity contribution in [1.82, 2.24) is 0 Å². The molecule has 0 aromatic heterocycles. The number of nitrogens with two attached hydrogens (primary N) is 1. The summed E-state index contributed by atoms with van der Waals surface area (Å²) in [5, 5.41) is 0.332. The molecule has 2 N–H and O–H groups in total. The first-order chi connectivity index (χ1) is 8.63. The number of esters is 1. The number of hydrogen-bond donors (Lipinski definition) is 1. The fourth-order valence-electron chi connectivity index (χ4n) is 1.98. The lowest BCUT2D eigenvalue weighted by Gasteiger charge is -2.17. The quantitative estimate of drug-likeness (QED) is 0.672. The normalized spacial score (nSPS) is 23.0. The van der Waals surface area contributed by atoms with E-state index in [0.29, 0.717) is 16.5 Å². The first-order valence-electron chi connectivity index (χ1n) is 5.88. The molecule has 98 valence electrons. The molecule has 1 aromatic rings. The summed E-state index contributed by atoms with van der Waals surface area (Å²) in [5.74, 6) is -0.351. The number of hydrogen-bond acceptors (Lipinski definition) is 5. The summed E-state index contributed by atoms with van der Waals surface area (Å²) < 4.78 is 10.3. The van der Waals surface area contributed by atoms with E-state index in [9.17, 15) is 4.79 Å². The van der Waals surface area contributed by atoms with Gasteiger partial charge in [-0.1, -0.05) is 6.07 Å².